The Balaban J connectivity index is 1.77. The van der Waals surface area contributed by atoms with Crippen LogP contribution >= 0.6 is 0 Å². The molecule has 0 aliphatic heterocycles. The number of ether oxygens (including phenoxy) is 1. The van der Waals surface area contributed by atoms with E-state index >= 15 is 0 Å². The zero-order valence-corrected chi connectivity index (χ0v) is 11.0. The molecular formula is C16H18N2O. The molecule has 1 aliphatic carbocycles. The molecule has 19 heavy (non-hydrogen) atoms. The zero-order valence-electron chi connectivity index (χ0n) is 11.0. The van der Waals surface area contributed by atoms with Gasteiger partial charge >= 0.3 is 0 Å². The van der Waals surface area contributed by atoms with Gasteiger partial charge in [-0.3, -0.25) is 0 Å². The van der Waals surface area contributed by atoms with Crippen LogP contribution in [0.5, 0.6) is 5.75 Å². The maximum atomic E-state index is 6.01. The Hall–Kier alpha value is -2.16. The van der Waals surface area contributed by atoms with Crippen LogP contribution < -0.4 is 15.8 Å². The van der Waals surface area contributed by atoms with Crippen molar-refractivity contribution < 1.29 is 4.74 Å². The molecule has 0 aromatic heterocycles. The molecule has 2 aromatic rings. The summed E-state index contributed by atoms with van der Waals surface area (Å²) in [6, 6.07) is 14.7. The second-order valence-electron chi connectivity index (χ2n) is 4.97. The van der Waals surface area contributed by atoms with Crippen LogP contribution in [0, 0.1) is 0 Å². The maximum absolute atomic E-state index is 6.01. The number of nitrogens with two attached hydrogens (primary N) is 1. The number of hydrogen-bond acceptors (Lipinski definition) is 3. The van der Waals surface area contributed by atoms with E-state index in [-0.39, 0.29) is 0 Å². The number of nitrogens with one attached hydrogen (secondary N) is 1. The minimum absolute atomic E-state index is 0.409. The summed E-state index contributed by atoms with van der Waals surface area (Å²) in [6.45, 7) is 0. The topological polar surface area (TPSA) is 47.3 Å². The fraction of sp³-hybridized carbons (Fsp3) is 0.250. The SMILES string of the molecule is COc1ccc(N)c(NC2Cc3ccccc3C2)c1. The number of methoxy groups -OCH3 is 1. The van der Waals surface area contributed by atoms with E-state index in [2.05, 4.69) is 29.6 Å². The van der Waals surface area contributed by atoms with Crippen molar-refractivity contribution in [2.75, 3.05) is 18.2 Å². The fourth-order valence-corrected chi connectivity index (χ4v) is 2.67. The van der Waals surface area contributed by atoms with Gasteiger partial charge in [0, 0.05) is 12.1 Å². The second kappa shape index (κ2) is 4.84. The predicted octanol–water partition coefficient (Wildman–Crippen LogP) is 2.86. The molecule has 0 bridgehead atoms. The zero-order chi connectivity index (χ0) is 13.2. The lowest BCUT2D eigenvalue weighted by Crippen LogP contribution is -2.20. The molecule has 3 nitrogen and oxygen atoms in total. The Morgan fingerprint density at radius 1 is 1.11 bits per heavy atom. The van der Waals surface area contributed by atoms with Crippen molar-refractivity contribution in [3.63, 3.8) is 0 Å². The number of fused-ring (bicyclic) bond motifs is 1. The van der Waals surface area contributed by atoms with E-state index in [1.54, 1.807) is 7.11 Å². The molecule has 2 aromatic carbocycles. The molecule has 3 heteroatoms. The van der Waals surface area contributed by atoms with Crippen molar-refractivity contribution >= 4 is 11.4 Å². The van der Waals surface area contributed by atoms with Crippen LogP contribution in [0.3, 0.4) is 0 Å². The third kappa shape index (κ3) is 2.36. The van der Waals surface area contributed by atoms with Crippen molar-refractivity contribution in [1.29, 1.82) is 0 Å². The highest BCUT2D eigenvalue weighted by molar-refractivity contribution is 5.69. The smallest absolute Gasteiger partial charge is 0.121 e. The van der Waals surface area contributed by atoms with E-state index in [1.165, 1.54) is 11.1 Å². The number of hydrogen-bond donors (Lipinski definition) is 2. The summed E-state index contributed by atoms with van der Waals surface area (Å²) < 4.78 is 5.24. The second-order valence-corrected chi connectivity index (χ2v) is 4.97. The van der Waals surface area contributed by atoms with Gasteiger partial charge in [-0.25, -0.2) is 0 Å². The molecule has 0 saturated carbocycles. The lowest BCUT2D eigenvalue weighted by Gasteiger charge is -2.16. The van der Waals surface area contributed by atoms with Crippen LogP contribution in [0.25, 0.3) is 0 Å². The van der Waals surface area contributed by atoms with Gasteiger partial charge in [0.15, 0.2) is 0 Å². The summed E-state index contributed by atoms with van der Waals surface area (Å²) in [5.74, 6) is 0.826. The van der Waals surface area contributed by atoms with E-state index in [0.717, 1.165) is 30.0 Å². The molecule has 0 spiro atoms. The summed E-state index contributed by atoms with van der Waals surface area (Å²) in [7, 11) is 1.67. The van der Waals surface area contributed by atoms with Crippen molar-refractivity contribution in [1.82, 2.24) is 0 Å². The molecule has 0 radical (unpaired) electrons. The van der Waals surface area contributed by atoms with E-state index in [4.69, 9.17) is 10.5 Å². The molecule has 1 aliphatic rings. The molecule has 3 rings (SSSR count). The first-order chi connectivity index (χ1) is 9.26. The molecule has 0 heterocycles. The van der Waals surface area contributed by atoms with E-state index in [1.807, 2.05) is 18.2 Å². The highest BCUT2D eigenvalue weighted by atomic mass is 16.5. The average Bonchev–Trinajstić information content (AvgIpc) is 2.83. The van der Waals surface area contributed by atoms with Crippen LogP contribution in [-0.2, 0) is 12.8 Å². The molecule has 0 amide bonds. The van der Waals surface area contributed by atoms with Crippen molar-refractivity contribution in [3.8, 4) is 5.75 Å². The molecule has 3 N–H and O–H groups in total. The summed E-state index contributed by atoms with van der Waals surface area (Å²) in [4.78, 5) is 0. The summed E-state index contributed by atoms with van der Waals surface area (Å²) in [5.41, 5.74) is 10.6. The van der Waals surface area contributed by atoms with Crippen LogP contribution in [0.2, 0.25) is 0 Å². The first kappa shape index (κ1) is 11.9. The number of anilines is 2. The van der Waals surface area contributed by atoms with Crippen LogP contribution in [0.1, 0.15) is 11.1 Å². The van der Waals surface area contributed by atoms with Crippen LogP contribution in [0.15, 0.2) is 42.5 Å². The maximum Gasteiger partial charge on any atom is 0.121 e. The van der Waals surface area contributed by atoms with E-state index < -0.39 is 0 Å². The minimum atomic E-state index is 0.409. The Labute approximate surface area is 113 Å². The first-order valence-electron chi connectivity index (χ1n) is 6.53. The number of benzene rings is 2. The average molecular weight is 254 g/mol. The van der Waals surface area contributed by atoms with Gasteiger partial charge < -0.3 is 15.8 Å². The molecule has 0 saturated heterocycles. The minimum Gasteiger partial charge on any atom is -0.497 e. The largest absolute Gasteiger partial charge is 0.497 e. The number of rotatable bonds is 3. The van der Waals surface area contributed by atoms with Crippen LogP contribution in [0.4, 0.5) is 11.4 Å². The van der Waals surface area contributed by atoms with Gasteiger partial charge in [0.05, 0.1) is 18.5 Å². The third-order valence-electron chi connectivity index (χ3n) is 3.67. The first-order valence-corrected chi connectivity index (χ1v) is 6.53. The summed E-state index contributed by atoms with van der Waals surface area (Å²) in [6.07, 6.45) is 2.10. The normalized spacial score (nSPS) is 14.2. The predicted molar refractivity (Wildman–Crippen MR) is 78.7 cm³/mol. The Kier molecular flexibility index (Phi) is 3.03. The molecule has 0 unspecified atom stereocenters. The summed E-state index contributed by atoms with van der Waals surface area (Å²) >= 11 is 0. The van der Waals surface area contributed by atoms with Crippen molar-refractivity contribution in [3.05, 3.63) is 53.6 Å². The molecule has 0 fully saturated rings. The lowest BCUT2D eigenvalue weighted by atomic mass is 10.1. The van der Waals surface area contributed by atoms with E-state index in [0.29, 0.717) is 6.04 Å². The quantitative estimate of drug-likeness (QED) is 0.828. The van der Waals surface area contributed by atoms with E-state index in [9.17, 15) is 0 Å². The number of nitrogen functional groups attached to an aromatic ring is 1. The monoisotopic (exact) mass is 254 g/mol. The van der Waals surface area contributed by atoms with Gasteiger partial charge in [0.25, 0.3) is 0 Å². The molecule has 0 atom stereocenters. The van der Waals surface area contributed by atoms with Crippen molar-refractivity contribution in [2.45, 2.75) is 18.9 Å². The third-order valence-corrected chi connectivity index (χ3v) is 3.67. The van der Waals surface area contributed by atoms with Crippen molar-refractivity contribution in [2.24, 2.45) is 0 Å². The highest BCUT2D eigenvalue weighted by Crippen LogP contribution is 2.29. The lowest BCUT2D eigenvalue weighted by molar-refractivity contribution is 0.415. The van der Waals surface area contributed by atoms with Gasteiger partial charge in [0.2, 0.25) is 0 Å². The standard InChI is InChI=1S/C16H18N2O/c1-19-14-6-7-15(17)16(10-14)18-13-8-11-4-2-3-5-12(11)9-13/h2-7,10,13,18H,8-9,17H2,1H3. The van der Waals surface area contributed by atoms with Gasteiger partial charge in [-0.2, -0.15) is 0 Å². The van der Waals surface area contributed by atoms with Gasteiger partial charge in [0.1, 0.15) is 5.75 Å². The van der Waals surface area contributed by atoms with Crippen LogP contribution in [-0.4, -0.2) is 13.2 Å². The molecule has 98 valence electrons. The summed E-state index contributed by atoms with van der Waals surface area (Å²) in [5, 5.41) is 3.53. The Bertz CT molecular complexity index is 570. The Morgan fingerprint density at radius 3 is 2.42 bits per heavy atom. The van der Waals surface area contributed by atoms with Gasteiger partial charge in [-0.05, 0) is 36.1 Å². The Morgan fingerprint density at radius 2 is 1.79 bits per heavy atom. The van der Waals surface area contributed by atoms with Gasteiger partial charge in [-0.15, -0.1) is 0 Å². The fourth-order valence-electron chi connectivity index (χ4n) is 2.67. The van der Waals surface area contributed by atoms with Gasteiger partial charge in [-0.1, -0.05) is 24.3 Å². The highest BCUT2D eigenvalue weighted by Gasteiger charge is 2.21. The molecular weight excluding hydrogens is 236 g/mol.